The first-order valence-electron chi connectivity index (χ1n) is 10.1. The van der Waals surface area contributed by atoms with Gasteiger partial charge in [-0.3, -0.25) is 4.79 Å². The number of hydrogen-bond acceptors (Lipinski definition) is 7. The van der Waals surface area contributed by atoms with Crippen LogP contribution in [0.3, 0.4) is 0 Å². The number of Topliss-reactive ketones (excluding diaryl/α,β-unsaturated/α-hetero) is 1. The number of nitrogens with zero attached hydrogens (tertiary/aromatic N) is 5. The Labute approximate surface area is 184 Å². The van der Waals surface area contributed by atoms with Crippen LogP contribution in [0.5, 0.6) is 0 Å². The normalized spacial score (nSPS) is 14.0. The molecule has 0 bridgehead atoms. The Hall–Kier alpha value is -3.20. The number of carbonyl (C=O) groups is 1. The van der Waals surface area contributed by atoms with E-state index in [9.17, 15) is 9.59 Å². The van der Waals surface area contributed by atoms with Gasteiger partial charge < -0.3 is 15.1 Å². The first-order chi connectivity index (χ1) is 14.9. The summed E-state index contributed by atoms with van der Waals surface area (Å²) >= 11 is 6.34. The number of carbonyl (C=O) groups excluding carboxylic acids is 1. The summed E-state index contributed by atoms with van der Waals surface area (Å²) in [7, 11) is 1.65. The highest BCUT2D eigenvalue weighted by molar-refractivity contribution is 6.32. The number of hydrogen-bond donors (Lipinski definition) is 1. The third kappa shape index (κ3) is 4.61. The number of ketones is 1. The third-order valence-electron chi connectivity index (χ3n) is 5.16. The molecule has 3 aromatic rings. The summed E-state index contributed by atoms with van der Waals surface area (Å²) in [6, 6.07) is 5.54. The minimum Gasteiger partial charge on any atom is -0.341 e. The molecule has 0 atom stereocenters. The molecule has 0 unspecified atom stereocenters. The molecule has 162 valence electrons. The Morgan fingerprint density at radius 2 is 2.06 bits per heavy atom. The van der Waals surface area contributed by atoms with E-state index in [1.165, 1.54) is 17.9 Å². The second-order valence-electron chi connectivity index (χ2n) is 7.58. The van der Waals surface area contributed by atoms with Crippen molar-refractivity contribution in [1.82, 2.24) is 14.7 Å². The van der Waals surface area contributed by atoms with Gasteiger partial charge in [-0.2, -0.15) is 14.3 Å². The van der Waals surface area contributed by atoms with Gasteiger partial charge in [-0.1, -0.05) is 11.6 Å². The number of aromatic nitrogens is 4. The van der Waals surface area contributed by atoms with Crippen molar-refractivity contribution >= 4 is 45.7 Å². The van der Waals surface area contributed by atoms with Gasteiger partial charge in [0.05, 0.1) is 18.6 Å². The summed E-state index contributed by atoms with van der Waals surface area (Å²) in [5.41, 5.74) is 1.09. The maximum atomic E-state index is 12.4. The van der Waals surface area contributed by atoms with E-state index in [1.807, 2.05) is 18.2 Å². The van der Waals surface area contributed by atoms with Crippen LogP contribution in [0.25, 0.3) is 10.9 Å². The number of nitrogens with one attached hydrogen (secondary N) is 1. The molecule has 1 saturated heterocycles. The van der Waals surface area contributed by atoms with Crippen molar-refractivity contribution in [2.24, 2.45) is 7.05 Å². The summed E-state index contributed by atoms with van der Waals surface area (Å²) in [6.45, 7) is 3.09. The number of rotatable bonds is 6. The van der Waals surface area contributed by atoms with Crippen LogP contribution in [0.4, 0.5) is 17.5 Å². The van der Waals surface area contributed by atoms with Crippen LogP contribution in [-0.2, 0) is 11.8 Å². The Morgan fingerprint density at radius 1 is 1.29 bits per heavy atom. The SMILES string of the molecule is CC(=O)COn1cc2cc(Nc3nc(N4CCCCC4)ncc3Cl)ccc2[n+](C)c1=O. The van der Waals surface area contributed by atoms with Crippen LogP contribution >= 0.6 is 11.6 Å². The highest BCUT2D eigenvalue weighted by Gasteiger charge is 2.18. The fraction of sp³-hybridized carbons (Fsp3) is 0.381. The van der Waals surface area contributed by atoms with Gasteiger partial charge >= 0.3 is 5.69 Å². The van der Waals surface area contributed by atoms with Gasteiger partial charge in [-0.25, -0.2) is 4.98 Å². The van der Waals surface area contributed by atoms with E-state index in [0.29, 0.717) is 16.8 Å². The molecule has 0 saturated carbocycles. The van der Waals surface area contributed by atoms with Gasteiger partial charge in [0.2, 0.25) is 5.95 Å². The first kappa shape index (κ1) is 21.0. The first-order valence-corrected chi connectivity index (χ1v) is 10.5. The average Bonchev–Trinajstić information content (AvgIpc) is 2.77. The monoisotopic (exact) mass is 443 g/mol. The highest BCUT2D eigenvalue weighted by Crippen LogP contribution is 2.27. The molecule has 0 aliphatic carbocycles. The van der Waals surface area contributed by atoms with Gasteiger partial charge in [0.25, 0.3) is 0 Å². The number of benzene rings is 1. The van der Waals surface area contributed by atoms with Crippen molar-refractivity contribution < 1.29 is 14.2 Å². The molecule has 3 heterocycles. The van der Waals surface area contributed by atoms with Gasteiger partial charge in [0, 0.05) is 18.8 Å². The molecule has 4 rings (SSSR count). The predicted molar refractivity (Wildman–Crippen MR) is 118 cm³/mol. The minimum absolute atomic E-state index is 0.173. The molecule has 2 aromatic heterocycles. The summed E-state index contributed by atoms with van der Waals surface area (Å²) in [4.78, 5) is 40.1. The molecule has 31 heavy (non-hydrogen) atoms. The molecule has 1 N–H and O–H groups in total. The standard InChI is InChI=1S/C21H24ClN6O3/c1-14(29)13-31-28-12-15-10-16(6-7-18(15)26(2)21(28)30)24-19-17(22)11-23-20(25-19)27-8-4-3-5-9-27/h6-7,10-12H,3-5,8-9,13H2,1-2H3,(H,23,24,25)/q+1. The molecule has 10 heteroatoms. The highest BCUT2D eigenvalue weighted by atomic mass is 35.5. The van der Waals surface area contributed by atoms with Crippen LogP contribution in [0, 0.1) is 0 Å². The average molecular weight is 444 g/mol. The molecule has 9 nitrogen and oxygen atoms in total. The van der Waals surface area contributed by atoms with E-state index >= 15 is 0 Å². The molecular formula is C21H24ClN6O3+. The summed E-state index contributed by atoms with van der Waals surface area (Å²) in [5, 5.41) is 4.41. The lowest BCUT2D eigenvalue weighted by Gasteiger charge is -2.26. The zero-order valence-electron chi connectivity index (χ0n) is 17.5. The largest absolute Gasteiger partial charge is 0.537 e. The number of aryl methyl sites for hydroxylation is 1. The zero-order valence-corrected chi connectivity index (χ0v) is 18.2. The Morgan fingerprint density at radius 3 is 2.81 bits per heavy atom. The quantitative estimate of drug-likeness (QED) is 0.582. The van der Waals surface area contributed by atoms with E-state index in [0.717, 1.165) is 47.3 Å². The van der Waals surface area contributed by atoms with E-state index < -0.39 is 0 Å². The van der Waals surface area contributed by atoms with E-state index in [4.69, 9.17) is 16.4 Å². The maximum Gasteiger partial charge on any atom is 0.537 e. The number of fused-ring (bicyclic) bond motifs is 1. The van der Waals surface area contributed by atoms with Crippen molar-refractivity contribution in [2.45, 2.75) is 26.2 Å². The molecule has 1 aromatic carbocycles. The molecule has 0 amide bonds. The number of piperidine rings is 1. The van der Waals surface area contributed by atoms with Gasteiger partial charge in [0.1, 0.15) is 10.5 Å². The third-order valence-corrected chi connectivity index (χ3v) is 5.44. The molecular weight excluding hydrogens is 420 g/mol. The smallest absolute Gasteiger partial charge is 0.341 e. The Bertz CT molecular complexity index is 1190. The van der Waals surface area contributed by atoms with Crippen molar-refractivity contribution in [2.75, 3.05) is 29.9 Å². The van der Waals surface area contributed by atoms with Crippen molar-refractivity contribution in [1.29, 1.82) is 0 Å². The lowest BCUT2D eigenvalue weighted by molar-refractivity contribution is -0.667. The number of halogens is 1. The molecule has 1 aliphatic rings. The summed E-state index contributed by atoms with van der Waals surface area (Å²) < 4.78 is 2.53. The van der Waals surface area contributed by atoms with Crippen molar-refractivity contribution in [3.05, 3.63) is 46.1 Å². The van der Waals surface area contributed by atoms with Gasteiger partial charge in [0.15, 0.2) is 24.4 Å². The van der Waals surface area contributed by atoms with Crippen LogP contribution in [0.15, 0.2) is 35.4 Å². The Balaban J connectivity index is 1.65. The fourth-order valence-corrected chi connectivity index (χ4v) is 3.69. The molecule has 0 spiro atoms. The summed E-state index contributed by atoms with van der Waals surface area (Å²) in [6.07, 6.45) is 6.65. The van der Waals surface area contributed by atoms with E-state index in [-0.39, 0.29) is 18.1 Å². The van der Waals surface area contributed by atoms with Crippen LogP contribution in [0.1, 0.15) is 26.2 Å². The van der Waals surface area contributed by atoms with Crippen LogP contribution in [-0.4, -0.2) is 40.2 Å². The molecule has 0 radical (unpaired) electrons. The van der Waals surface area contributed by atoms with E-state index in [2.05, 4.69) is 20.2 Å². The molecule has 1 aliphatic heterocycles. The predicted octanol–water partition coefficient (Wildman–Crippen LogP) is 2.02. The van der Waals surface area contributed by atoms with Gasteiger partial charge in [-0.15, -0.1) is 0 Å². The Kier molecular flexibility index (Phi) is 6.03. The van der Waals surface area contributed by atoms with Crippen LogP contribution < -0.4 is 25.3 Å². The lowest BCUT2D eigenvalue weighted by Crippen LogP contribution is -2.53. The van der Waals surface area contributed by atoms with E-state index in [1.54, 1.807) is 19.4 Å². The van der Waals surface area contributed by atoms with Gasteiger partial charge in [-0.05, 0) is 49.1 Å². The molecule has 1 fully saturated rings. The number of anilines is 3. The van der Waals surface area contributed by atoms with Crippen LogP contribution in [0.2, 0.25) is 5.02 Å². The minimum atomic E-state index is -0.375. The summed E-state index contributed by atoms with van der Waals surface area (Å²) in [5.74, 6) is 1.00. The van der Waals surface area contributed by atoms with Crippen molar-refractivity contribution in [3.8, 4) is 0 Å². The topological polar surface area (TPSA) is 93.2 Å². The second kappa shape index (κ2) is 8.89. The lowest BCUT2D eigenvalue weighted by atomic mass is 10.1. The fourth-order valence-electron chi connectivity index (χ4n) is 3.55. The maximum absolute atomic E-state index is 12.4. The van der Waals surface area contributed by atoms with Crippen molar-refractivity contribution in [3.63, 3.8) is 0 Å². The zero-order chi connectivity index (χ0) is 22.0. The second-order valence-corrected chi connectivity index (χ2v) is 7.99.